The van der Waals surface area contributed by atoms with Gasteiger partial charge in [-0.2, -0.15) is 0 Å². The summed E-state index contributed by atoms with van der Waals surface area (Å²) in [5.41, 5.74) is 1.31. The molecule has 0 radical (unpaired) electrons. The number of carbonyl (C=O) groups is 1. The van der Waals surface area contributed by atoms with Crippen molar-refractivity contribution in [3.8, 4) is 0 Å². The van der Waals surface area contributed by atoms with Crippen molar-refractivity contribution in [2.45, 2.75) is 64.0 Å². The highest BCUT2D eigenvalue weighted by Gasteiger charge is 2.34. The zero-order valence-electron chi connectivity index (χ0n) is 19.5. The number of likely N-dealkylation sites (tertiary alicyclic amines) is 2. The monoisotopic (exact) mass is 461 g/mol. The van der Waals surface area contributed by atoms with Gasteiger partial charge in [0.05, 0.1) is 13.2 Å². The van der Waals surface area contributed by atoms with Crippen LogP contribution in [0.5, 0.6) is 0 Å². The van der Waals surface area contributed by atoms with Crippen LogP contribution < -0.4 is 0 Å². The SMILES string of the molecule is O=C(CC[C@H]1CN(Cc2ccc(Cl)cc2)CC[C@H]1N1CCOCC1)N1CCCCCCC1. The lowest BCUT2D eigenvalue weighted by atomic mass is 9.86. The molecule has 3 fully saturated rings. The number of carbonyl (C=O) groups excluding carboxylic acids is 1. The first-order valence-corrected chi connectivity index (χ1v) is 13.1. The Bertz CT molecular complexity index is 700. The Morgan fingerprint density at radius 3 is 2.34 bits per heavy atom. The van der Waals surface area contributed by atoms with Gasteiger partial charge in [-0.15, -0.1) is 0 Å². The van der Waals surface area contributed by atoms with E-state index in [1.165, 1.54) is 44.1 Å². The molecule has 6 heteroatoms. The normalized spacial score (nSPS) is 26.5. The fraction of sp³-hybridized carbons (Fsp3) is 0.731. The van der Waals surface area contributed by atoms with Crippen molar-refractivity contribution in [1.29, 1.82) is 0 Å². The molecule has 2 atom stereocenters. The minimum absolute atomic E-state index is 0.377. The zero-order chi connectivity index (χ0) is 22.2. The molecule has 0 saturated carbocycles. The molecule has 0 N–H and O–H groups in total. The van der Waals surface area contributed by atoms with Crippen molar-refractivity contribution in [2.75, 3.05) is 52.5 Å². The molecular formula is C26H40ClN3O2. The van der Waals surface area contributed by atoms with E-state index in [0.29, 0.717) is 24.3 Å². The summed E-state index contributed by atoms with van der Waals surface area (Å²) in [7, 11) is 0. The van der Waals surface area contributed by atoms with Gasteiger partial charge in [0.1, 0.15) is 0 Å². The molecule has 1 amide bonds. The van der Waals surface area contributed by atoms with E-state index in [9.17, 15) is 4.79 Å². The first-order valence-electron chi connectivity index (χ1n) is 12.8. The number of piperidine rings is 1. The molecule has 1 aromatic rings. The first kappa shape index (κ1) is 24.0. The second-order valence-corrected chi connectivity index (χ2v) is 10.2. The minimum atomic E-state index is 0.377. The van der Waals surface area contributed by atoms with Crippen LogP contribution in [-0.2, 0) is 16.1 Å². The minimum Gasteiger partial charge on any atom is -0.379 e. The van der Waals surface area contributed by atoms with E-state index in [2.05, 4.69) is 26.8 Å². The Hall–Kier alpha value is -1.14. The Labute approximate surface area is 199 Å². The highest BCUT2D eigenvalue weighted by Crippen LogP contribution is 2.28. The molecule has 0 spiro atoms. The summed E-state index contributed by atoms with van der Waals surface area (Å²) < 4.78 is 5.61. The van der Waals surface area contributed by atoms with Crippen LogP contribution in [0.1, 0.15) is 56.9 Å². The summed E-state index contributed by atoms with van der Waals surface area (Å²) in [4.78, 5) is 20.4. The lowest BCUT2D eigenvalue weighted by molar-refractivity contribution is -0.132. The average Bonchev–Trinajstić information content (AvgIpc) is 2.79. The third-order valence-electron chi connectivity index (χ3n) is 7.55. The van der Waals surface area contributed by atoms with E-state index in [-0.39, 0.29) is 0 Å². The maximum absolute atomic E-state index is 13.1. The number of halogens is 1. The maximum atomic E-state index is 13.1. The largest absolute Gasteiger partial charge is 0.379 e. The summed E-state index contributed by atoms with van der Waals surface area (Å²) >= 11 is 6.07. The van der Waals surface area contributed by atoms with E-state index in [1.54, 1.807) is 0 Å². The van der Waals surface area contributed by atoms with E-state index in [4.69, 9.17) is 16.3 Å². The summed E-state index contributed by atoms with van der Waals surface area (Å²) in [5, 5.41) is 0.792. The van der Waals surface area contributed by atoms with Gasteiger partial charge < -0.3 is 9.64 Å². The highest BCUT2D eigenvalue weighted by atomic mass is 35.5. The van der Waals surface area contributed by atoms with Crippen LogP contribution in [0.15, 0.2) is 24.3 Å². The smallest absolute Gasteiger partial charge is 0.222 e. The summed E-state index contributed by atoms with van der Waals surface area (Å²) in [6.07, 6.45) is 9.07. The zero-order valence-corrected chi connectivity index (χ0v) is 20.3. The van der Waals surface area contributed by atoms with Gasteiger partial charge in [0.15, 0.2) is 0 Å². The van der Waals surface area contributed by atoms with Gasteiger partial charge in [-0.25, -0.2) is 0 Å². The van der Waals surface area contributed by atoms with E-state index < -0.39 is 0 Å². The highest BCUT2D eigenvalue weighted by molar-refractivity contribution is 6.30. The standard InChI is InChI=1S/C26H40ClN3O2/c27-24-9-6-22(7-10-24)20-28-15-12-25(29-16-18-32-19-17-29)23(21-28)8-11-26(31)30-13-4-2-1-3-5-14-30/h6-7,9-10,23,25H,1-5,8,11-21H2/t23-,25+/m0/s1. The summed E-state index contributed by atoms with van der Waals surface area (Å²) in [5.74, 6) is 0.912. The predicted molar refractivity (Wildman–Crippen MR) is 130 cm³/mol. The van der Waals surface area contributed by atoms with Crippen molar-refractivity contribution >= 4 is 17.5 Å². The number of rotatable bonds is 6. The predicted octanol–water partition coefficient (Wildman–Crippen LogP) is 4.44. The fourth-order valence-corrected chi connectivity index (χ4v) is 5.85. The van der Waals surface area contributed by atoms with Crippen LogP contribution in [0.2, 0.25) is 5.02 Å². The average molecular weight is 462 g/mol. The molecule has 3 aliphatic heterocycles. The molecule has 3 saturated heterocycles. The molecule has 32 heavy (non-hydrogen) atoms. The second kappa shape index (κ2) is 12.4. The third-order valence-corrected chi connectivity index (χ3v) is 7.80. The van der Waals surface area contributed by atoms with Crippen LogP contribution in [-0.4, -0.2) is 79.1 Å². The number of amides is 1. The Morgan fingerprint density at radius 2 is 1.62 bits per heavy atom. The van der Waals surface area contributed by atoms with Gasteiger partial charge in [0.2, 0.25) is 5.91 Å². The van der Waals surface area contributed by atoms with Gasteiger partial charge in [-0.05, 0) is 55.8 Å². The molecule has 0 unspecified atom stereocenters. The number of morpholine rings is 1. The number of hydrogen-bond donors (Lipinski definition) is 0. The fourth-order valence-electron chi connectivity index (χ4n) is 5.72. The number of benzene rings is 1. The van der Waals surface area contributed by atoms with Crippen LogP contribution in [0.4, 0.5) is 0 Å². The molecule has 4 rings (SSSR count). The molecule has 0 bridgehead atoms. The van der Waals surface area contributed by atoms with Gasteiger partial charge in [0.25, 0.3) is 0 Å². The quantitative estimate of drug-likeness (QED) is 0.627. The summed E-state index contributed by atoms with van der Waals surface area (Å²) in [6.45, 7) is 8.78. The Kier molecular flexibility index (Phi) is 9.27. The van der Waals surface area contributed by atoms with Crippen molar-refractivity contribution in [3.63, 3.8) is 0 Å². The Balaban J connectivity index is 1.36. The molecule has 0 aliphatic carbocycles. The van der Waals surface area contributed by atoms with Crippen molar-refractivity contribution in [1.82, 2.24) is 14.7 Å². The van der Waals surface area contributed by atoms with Crippen LogP contribution in [0, 0.1) is 5.92 Å². The number of hydrogen-bond acceptors (Lipinski definition) is 4. The van der Waals surface area contributed by atoms with Crippen molar-refractivity contribution in [2.24, 2.45) is 5.92 Å². The lowest BCUT2D eigenvalue weighted by Crippen LogP contribution is -2.54. The van der Waals surface area contributed by atoms with Gasteiger partial charge >= 0.3 is 0 Å². The molecule has 0 aromatic heterocycles. The van der Waals surface area contributed by atoms with E-state index in [0.717, 1.165) is 70.5 Å². The molecule has 3 heterocycles. The third kappa shape index (κ3) is 6.93. The van der Waals surface area contributed by atoms with Crippen LogP contribution in [0.3, 0.4) is 0 Å². The topological polar surface area (TPSA) is 36.0 Å². The van der Waals surface area contributed by atoms with Gasteiger partial charge in [-0.1, -0.05) is 43.0 Å². The van der Waals surface area contributed by atoms with E-state index in [1.807, 2.05) is 12.1 Å². The van der Waals surface area contributed by atoms with Gasteiger partial charge in [0, 0.05) is 56.8 Å². The van der Waals surface area contributed by atoms with Crippen LogP contribution >= 0.6 is 11.6 Å². The van der Waals surface area contributed by atoms with Crippen molar-refractivity contribution in [3.05, 3.63) is 34.9 Å². The Morgan fingerprint density at radius 1 is 0.938 bits per heavy atom. The maximum Gasteiger partial charge on any atom is 0.222 e. The van der Waals surface area contributed by atoms with Gasteiger partial charge in [-0.3, -0.25) is 14.6 Å². The molecule has 5 nitrogen and oxygen atoms in total. The molecule has 3 aliphatic rings. The van der Waals surface area contributed by atoms with Crippen molar-refractivity contribution < 1.29 is 9.53 Å². The molecular weight excluding hydrogens is 422 g/mol. The second-order valence-electron chi connectivity index (χ2n) is 9.81. The first-order chi connectivity index (χ1) is 15.7. The summed E-state index contributed by atoms with van der Waals surface area (Å²) in [6, 6.07) is 8.81. The lowest BCUT2D eigenvalue weighted by Gasteiger charge is -2.45. The van der Waals surface area contributed by atoms with Crippen LogP contribution in [0.25, 0.3) is 0 Å². The number of ether oxygens (including phenoxy) is 1. The number of nitrogens with zero attached hydrogens (tertiary/aromatic N) is 3. The molecule has 178 valence electrons. The van der Waals surface area contributed by atoms with E-state index >= 15 is 0 Å². The molecule has 1 aromatic carbocycles.